The highest BCUT2D eigenvalue weighted by Crippen LogP contribution is 2.34. The molecule has 0 saturated carbocycles. The van der Waals surface area contributed by atoms with E-state index in [1.54, 1.807) is 20.3 Å². The number of carbonyl (C=O) groups is 2. The predicted molar refractivity (Wildman–Crippen MR) is 123 cm³/mol. The molecular weight excluding hydrogens is 410 g/mol. The van der Waals surface area contributed by atoms with Crippen molar-refractivity contribution in [3.63, 3.8) is 0 Å². The fourth-order valence-electron chi connectivity index (χ4n) is 3.26. The maximum absolute atomic E-state index is 12.8. The monoisotopic (exact) mass is 431 g/mol. The van der Waals surface area contributed by atoms with Gasteiger partial charge in [-0.3, -0.25) is 14.5 Å². The molecule has 0 unspecified atom stereocenters. The van der Waals surface area contributed by atoms with E-state index in [0.29, 0.717) is 4.91 Å². The number of ether oxygens (including phenoxy) is 2. The average Bonchev–Trinajstić information content (AvgIpc) is 3.07. The van der Waals surface area contributed by atoms with Gasteiger partial charge in [-0.1, -0.05) is 48.5 Å². The second kappa shape index (κ2) is 9.10. The maximum Gasteiger partial charge on any atom is 0.293 e. The molecule has 0 bridgehead atoms. The number of methoxy groups -OCH3 is 2. The van der Waals surface area contributed by atoms with Gasteiger partial charge in [-0.2, -0.15) is 0 Å². The van der Waals surface area contributed by atoms with E-state index in [9.17, 15) is 9.59 Å². The molecule has 2 amide bonds. The third kappa shape index (κ3) is 4.64. The normalized spacial score (nSPS) is 14.9. The number of amides is 2. The molecule has 0 aromatic heterocycles. The van der Waals surface area contributed by atoms with Crippen LogP contribution in [0.4, 0.5) is 4.79 Å². The summed E-state index contributed by atoms with van der Waals surface area (Å²) < 4.78 is 10.3. The van der Waals surface area contributed by atoms with E-state index in [1.165, 1.54) is 4.90 Å². The summed E-state index contributed by atoms with van der Waals surface area (Å²) in [5, 5.41) is -0.262. The van der Waals surface area contributed by atoms with Gasteiger partial charge in [0.2, 0.25) is 0 Å². The number of rotatable bonds is 6. The molecule has 0 atom stereocenters. The van der Waals surface area contributed by atoms with Gasteiger partial charge >= 0.3 is 0 Å². The highest BCUT2D eigenvalue weighted by atomic mass is 32.2. The number of hydrogen-bond acceptors (Lipinski definition) is 5. The van der Waals surface area contributed by atoms with Crippen molar-refractivity contribution >= 4 is 29.0 Å². The van der Waals surface area contributed by atoms with Crippen molar-refractivity contribution in [3.8, 4) is 22.6 Å². The summed E-state index contributed by atoms with van der Waals surface area (Å²) in [4.78, 5) is 26.9. The van der Waals surface area contributed by atoms with Gasteiger partial charge in [0.05, 0.1) is 25.7 Å². The molecule has 1 heterocycles. The van der Waals surface area contributed by atoms with Gasteiger partial charge in [0.25, 0.3) is 11.1 Å². The van der Waals surface area contributed by atoms with Crippen molar-refractivity contribution in [2.45, 2.75) is 6.54 Å². The van der Waals surface area contributed by atoms with Crippen molar-refractivity contribution in [1.29, 1.82) is 0 Å². The molecule has 3 aromatic rings. The van der Waals surface area contributed by atoms with E-state index >= 15 is 0 Å². The largest absolute Gasteiger partial charge is 0.497 e. The second-order valence-electron chi connectivity index (χ2n) is 6.97. The van der Waals surface area contributed by atoms with Crippen LogP contribution in [0.1, 0.15) is 11.1 Å². The minimum Gasteiger partial charge on any atom is -0.497 e. The molecule has 0 radical (unpaired) electrons. The van der Waals surface area contributed by atoms with Crippen molar-refractivity contribution in [1.82, 2.24) is 4.90 Å². The Balaban J connectivity index is 1.47. The first-order valence-corrected chi connectivity index (χ1v) is 10.5. The average molecular weight is 432 g/mol. The Morgan fingerprint density at radius 2 is 1.29 bits per heavy atom. The zero-order chi connectivity index (χ0) is 21.8. The van der Waals surface area contributed by atoms with Gasteiger partial charge in [0, 0.05) is 0 Å². The van der Waals surface area contributed by atoms with Gasteiger partial charge in [-0.15, -0.1) is 0 Å². The minimum absolute atomic E-state index is 0.239. The first-order chi connectivity index (χ1) is 15.1. The van der Waals surface area contributed by atoms with Crippen LogP contribution in [0.5, 0.6) is 11.5 Å². The molecule has 1 aliphatic rings. The van der Waals surface area contributed by atoms with Crippen LogP contribution in [-0.2, 0) is 11.3 Å². The first kappa shape index (κ1) is 20.8. The molecule has 1 aliphatic heterocycles. The lowest BCUT2D eigenvalue weighted by molar-refractivity contribution is -0.123. The zero-order valence-corrected chi connectivity index (χ0v) is 18.0. The molecule has 5 nitrogen and oxygen atoms in total. The Morgan fingerprint density at radius 3 is 1.84 bits per heavy atom. The zero-order valence-electron chi connectivity index (χ0n) is 17.2. The van der Waals surface area contributed by atoms with Crippen LogP contribution in [0.15, 0.2) is 77.7 Å². The van der Waals surface area contributed by atoms with Crippen LogP contribution in [0.2, 0.25) is 0 Å². The first-order valence-electron chi connectivity index (χ1n) is 9.70. The number of carbonyl (C=O) groups excluding carboxylic acids is 2. The summed E-state index contributed by atoms with van der Waals surface area (Å²) in [5.41, 5.74) is 3.87. The standard InChI is InChI=1S/C25H21NO4S/c1-29-21-11-5-18(6-12-21)16-26-24(27)23(31-25(26)28)15-17-3-7-19(8-4-17)20-9-13-22(30-2)14-10-20/h3-15H,16H2,1-2H3/b23-15-. The molecule has 31 heavy (non-hydrogen) atoms. The highest BCUT2D eigenvalue weighted by molar-refractivity contribution is 8.18. The number of nitrogens with zero attached hydrogens (tertiary/aromatic N) is 1. The molecule has 3 aromatic carbocycles. The van der Waals surface area contributed by atoms with Crippen LogP contribution < -0.4 is 9.47 Å². The molecule has 1 fully saturated rings. The number of thioether (sulfide) groups is 1. The molecule has 0 spiro atoms. The fraction of sp³-hybridized carbons (Fsp3) is 0.120. The third-order valence-electron chi connectivity index (χ3n) is 5.01. The summed E-state index contributed by atoms with van der Waals surface area (Å²) in [6.07, 6.45) is 1.76. The van der Waals surface area contributed by atoms with Crippen molar-refractivity contribution in [2.75, 3.05) is 14.2 Å². The summed E-state index contributed by atoms with van der Waals surface area (Å²) in [5.74, 6) is 1.27. The van der Waals surface area contributed by atoms with Crippen molar-refractivity contribution in [2.24, 2.45) is 0 Å². The van der Waals surface area contributed by atoms with Crippen LogP contribution in [0.25, 0.3) is 17.2 Å². The Morgan fingerprint density at radius 1 is 0.774 bits per heavy atom. The Hall–Kier alpha value is -3.51. The minimum atomic E-state index is -0.273. The van der Waals surface area contributed by atoms with Crippen LogP contribution >= 0.6 is 11.8 Å². The lowest BCUT2D eigenvalue weighted by atomic mass is 10.0. The highest BCUT2D eigenvalue weighted by Gasteiger charge is 2.34. The van der Waals surface area contributed by atoms with E-state index in [1.807, 2.05) is 72.8 Å². The number of benzene rings is 3. The Bertz CT molecular complexity index is 1120. The van der Waals surface area contributed by atoms with E-state index < -0.39 is 0 Å². The number of imide groups is 1. The summed E-state index contributed by atoms with van der Waals surface area (Å²) >= 11 is 0.968. The predicted octanol–water partition coefficient (Wildman–Crippen LogP) is 5.61. The topological polar surface area (TPSA) is 55.8 Å². The van der Waals surface area contributed by atoms with Crippen LogP contribution in [0, 0.1) is 0 Å². The summed E-state index contributed by atoms with van der Waals surface area (Å²) in [7, 11) is 3.24. The molecule has 4 rings (SSSR count). The summed E-state index contributed by atoms with van der Waals surface area (Å²) in [6, 6.07) is 23.0. The van der Waals surface area contributed by atoms with E-state index in [2.05, 4.69) is 0 Å². The molecule has 0 aliphatic carbocycles. The van der Waals surface area contributed by atoms with Gasteiger partial charge in [0.15, 0.2) is 0 Å². The summed E-state index contributed by atoms with van der Waals surface area (Å²) in [6.45, 7) is 0.239. The van der Waals surface area contributed by atoms with E-state index in [-0.39, 0.29) is 17.7 Å². The van der Waals surface area contributed by atoms with Gasteiger partial charge in [-0.25, -0.2) is 0 Å². The van der Waals surface area contributed by atoms with Gasteiger partial charge in [0.1, 0.15) is 11.5 Å². The molecular formula is C25H21NO4S. The lowest BCUT2D eigenvalue weighted by Crippen LogP contribution is -2.27. The molecule has 0 N–H and O–H groups in total. The van der Waals surface area contributed by atoms with Gasteiger partial charge in [-0.05, 0) is 64.4 Å². The molecule has 6 heteroatoms. The van der Waals surface area contributed by atoms with E-state index in [0.717, 1.165) is 45.5 Å². The SMILES string of the molecule is COc1ccc(CN2C(=O)S/C(=C\c3ccc(-c4ccc(OC)cc4)cc3)C2=O)cc1. The van der Waals surface area contributed by atoms with Crippen LogP contribution in [0.3, 0.4) is 0 Å². The van der Waals surface area contributed by atoms with Crippen molar-refractivity contribution in [3.05, 3.63) is 88.8 Å². The quantitative estimate of drug-likeness (QED) is 0.475. The smallest absolute Gasteiger partial charge is 0.293 e. The third-order valence-corrected chi connectivity index (χ3v) is 5.91. The maximum atomic E-state index is 12.8. The molecule has 156 valence electrons. The second-order valence-corrected chi connectivity index (χ2v) is 7.96. The van der Waals surface area contributed by atoms with Crippen LogP contribution in [-0.4, -0.2) is 30.3 Å². The van der Waals surface area contributed by atoms with Crippen molar-refractivity contribution < 1.29 is 19.1 Å². The number of hydrogen-bond donors (Lipinski definition) is 0. The lowest BCUT2D eigenvalue weighted by Gasteiger charge is -2.12. The van der Waals surface area contributed by atoms with Gasteiger partial charge < -0.3 is 9.47 Å². The fourth-order valence-corrected chi connectivity index (χ4v) is 4.09. The van der Waals surface area contributed by atoms with E-state index in [4.69, 9.17) is 9.47 Å². The Labute approximate surface area is 185 Å². The Kier molecular flexibility index (Phi) is 6.09. The molecule has 1 saturated heterocycles.